The van der Waals surface area contributed by atoms with Gasteiger partial charge >= 0.3 is 0 Å². The van der Waals surface area contributed by atoms with Crippen molar-refractivity contribution in [3.05, 3.63) is 56.3 Å². The van der Waals surface area contributed by atoms with Crippen LogP contribution < -0.4 is 9.54 Å². The number of fused-ring (bicyclic) bond motifs is 1. The topological polar surface area (TPSA) is 43.6 Å². The van der Waals surface area contributed by atoms with Crippen molar-refractivity contribution < 1.29 is 9.53 Å². The smallest absolute Gasteiger partial charge is 0.286 e. The number of hydrogen-bond acceptors (Lipinski definition) is 3. The quantitative estimate of drug-likeness (QED) is 0.531. The van der Waals surface area contributed by atoms with Gasteiger partial charge in [-0.15, -0.1) is 0 Å². The van der Waals surface area contributed by atoms with E-state index in [-0.39, 0.29) is 6.61 Å². The summed E-state index contributed by atoms with van der Waals surface area (Å²) in [5.74, 6) is 0.00250. The normalized spacial score (nSPS) is 11.9. The number of nitrogens with zero attached hydrogens (tertiary/aromatic N) is 2. The summed E-state index contributed by atoms with van der Waals surface area (Å²) in [6.45, 7) is 2.63. The number of aryl methyl sites for hydroxylation is 1. The van der Waals surface area contributed by atoms with E-state index in [2.05, 4.69) is 11.9 Å². The first-order valence-electron chi connectivity index (χ1n) is 7.92. The number of amides is 1. The summed E-state index contributed by atoms with van der Waals surface area (Å²) in [7, 11) is 0. The van der Waals surface area contributed by atoms with E-state index >= 15 is 0 Å². The van der Waals surface area contributed by atoms with E-state index in [0.29, 0.717) is 25.6 Å². The molecule has 0 N–H and O–H groups in total. The highest BCUT2D eigenvalue weighted by molar-refractivity contribution is 7.16. The third-order valence-electron chi connectivity index (χ3n) is 3.56. The summed E-state index contributed by atoms with van der Waals surface area (Å²) in [6.07, 6.45) is 0.923. The van der Waals surface area contributed by atoms with Gasteiger partial charge in [-0.3, -0.25) is 4.79 Å². The van der Waals surface area contributed by atoms with E-state index in [4.69, 9.17) is 39.5 Å². The fourth-order valence-electron chi connectivity index (χ4n) is 2.44. The molecule has 136 valence electrons. The molecular weight excluding hydrogens is 415 g/mol. The van der Waals surface area contributed by atoms with Crippen LogP contribution in [0.1, 0.15) is 13.3 Å². The van der Waals surface area contributed by atoms with Crippen LogP contribution in [-0.4, -0.2) is 17.1 Å². The Labute approximate surface area is 169 Å². The Kier molecular flexibility index (Phi) is 6.24. The highest BCUT2D eigenvalue weighted by atomic mass is 35.5. The molecule has 2 aromatic carbocycles. The van der Waals surface area contributed by atoms with Gasteiger partial charge in [0.2, 0.25) is 0 Å². The summed E-state index contributed by atoms with van der Waals surface area (Å²) < 4.78 is 8.46. The first kappa shape index (κ1) is 19.2. The van der Waals surface area contributed by atoms with Crippen LogP contribution in [0, 0.1) is 0 Å². The average molecular weight is 430 g/mol. The molecule has 0 fully saturated rings. The molecule has 0 saturated carbocycles. The Bertz CT molecular complexity index is 1030. The Hall–Kier alpha value is -1.53. The molecule has 0 bridgehead atoms. The monoisotopic (exact) mass is 428 g/mol. The van der Waals surface area contributed by atoms with Gasteiger partial charge in [0, 0.05) is 16.6 Å². The number of ether oxygens (including phenoxy) is 1. The Balaban J connectivity index is 1.86. The third kappa shape index (κ3) is 4.41. The number of carbonyl (C=O) groups excluding carboxylic acids is 1. The van der Waals surface area contributed by atoms with E-state index in [0.717, 1.165) is 23.2 Å². The molecule has 0 aliphatic rings. The zero-order valence-electron chi connectivity index (χ0n) is 13.8. The van der Waals surface area contributed by atoms with Crippen LogP contribution in [-0.2, 0) is 11.3 Å². The molecule has 4 nitrogen and oxygen atoms in total. The lowest BCUT2D eigenvalue weighted by molar-refractivity contribution is -0.120. The van der Waals surface area contributed by atoms with Crippen molar-refractivity contribution in [3.63, 3.8) is 0 Å². The number of benzene rings is 2. The Morgan fingerprint density at radius 2 is 1.88 bits per heavy atom. The molecule has 0 saturated heterocycles. The van der Waals surface area contributed by atoms with Gasteiger partial charge in [-0.05, 0) is 42.8 Å². The van der Waals surface area contributed by atoms with Crippen LogP contribution in [0.3, 0.4) is 0 Å². The number of halogens is 3. The Morgan fingerprint density at radius 1 is 1.15 bits per heavy atom. The predicted molar refractivity (Wildman–Crippen MR) is 108 cm³/mol. The summed E-state index contributed by atoms with van der Waals surface area (Å²) >= 11 is 19.4. The second-order valence-corrected chi connectivity index (χ2v) is 7.81. The van der Waals surface area contributed by atoms with Gasteiger partial charge in [-0.2, -0.15) is 4.99 Å². The van der Waals surface area contributed by atoms with Gasteiger partial charge < -0.3 is 9.30 Å². The lowest BCUT2D eigenvalue weighted by atomic mass is 10.3. The second-order valence-electron chi connectivity index (χ2n) is 5.52. The van der Waals surface area contributed by atoms with Crippen LogP contribution in [0.4, 0.5) is 0 Å². The maximum absolute atomic E-state index is 12.3. The summed E-state index contributed by atoms with van der Waals surface area (Å²) in [6, 6.07) is 10.5. The third-order valence-corrected chi connectivity index (χ3v) is 5.36. The standard InChI is InChI=1S/C18H15Cl3N2O2S/c1-2-7-23-14-5-3-12(20)9-16(14)26-18(23)22-17(24)10-25-15-6-4-11(19)8-13(15)21/h3-6,8-9H,2,7,10H2,1H3. The van der Waals surface area contributed by atoms with Crippen molar-refractivity contribution in [2.45, 2.75) is 19.9 Å². The maximum Gasteiger partial charge on any atom is 0.286 e. The summed E-state index contributed by atoms with van der Waals surface area (Å²) in [5, 5.41) is 1.51. The van der Waals surface area contributed by atoms with E-state index < -0.39 is 5.91 Å². The van der Waals surface area contributed by atoms with E-state index in [1.54, 1.807) is 18.2 Å². The van der Waals surface area contributed by atoms with Gasteiger partial charge in [-0.1, -0.05) is 53.1 Å². The molecular formula is C18H15Cl3N2O2S. The minimum atomic E-state index is -0.390. The molecule has 1 aromatic heterocycles. The van der Waals surface area contributed by atoms with Crippen LogP contribution >= 0.6 is 46.1 Å². The average Bonchev–Trinajstić information content (AvgIpc) is 2.91. The molecule has 3 aromatic rings. The van der Waals surface area contributed by atoms with E-state index in [1.807, 2.05) is 22.8 Å². The number of aromatic nitrogens is 1. The van der Waals surface area contributed by atoms with E-state index in [9.17, 15) is 4.79 Å². The number of rotatable bonds is 5. The molecule has 0 radical (unpaired) electrons. The zero-order valence-corrected chi connectivity index (χ0v) is 16.9. The molecule has 0 aliphatic carbocycles. The first-order valence-corrected chi connectivity index (χ1v) is 9.87. The highest BCUT2D eigenvalue weighted by Crippen LogP contribution is 2.27. The van der Waals surface area contributed by atoms with Gasteiger partial charge in [0.25, 0.3) is 5.91 Å². The first-order chi connectivity index (χ1) is 12.5. The highest BCUT2D eigenvalue weighted by Gasteiger charge is 2.10. The van der Waals surface area contributed by atoms with Gasteiger partial charge in [0.1, 0.15) is 5.75 Å². The van der Waals surface area contributed by atoms with Crippen LogP contribution in [0.5, 0.6) is 5.75 Å². The molecule has 3 rings (SSSR count). The molecule has 0 atom stereocenters. The fourth-order valence-corrected chi connectivity index (χ4v) is 4.26. The lowest BCUT2D eigenvalue weighted by Crippen LogP contribution is -2.19. The van der Waals surface area contributed by atoms with Gasteiger partial charge in [-0.25, -0.2) is 0 Å². The lowest BCUT2D eigenvalue weighted by Gasteiger charge is -2.06. The van der Waals surface area contributed by atoms with Gasteiger partial charge in [0.15, 0.2) is 11.4 Å². The number of hydrogen-bond donors (Lipinski definition) is 0. The largest absolute Gasteiger partial charge is 0.482 e. The van der Waals surface area contributed by atoms with Crippen LogP contribution in [0.2, 0.25) is 15.1 Å². The van der Waals surface area contributed by atoms with Gasteiger partial charge in [0.05, 0.1) is 15.2 Å². The maximum atomic E-state index is 12.3. The van der Waals surface area contributed by atoms with E-state index in [1.165, 1.54) is 11.3 Å². The zero-order chi connectivity index (χ0) is 18.7. The predicted octanol–water partition coefficient (Wildman–Crippen LogP) is 5.58. The van der Waals surface area contributed by atoms with Crippen molar-refractivity contribution in [2.24, 2.45) is 4.99 Å². The minimum absolute atomic E-state index is 0.206. The summed E-state index contributed by atoms with van der Waals surface area (Å²) in [5.41, 5.74) is 1.01. The molecule has 1 amide bonds. The van der Waals surface area contributed by atoms with Crippen LogP contribution in [0.15, 0.2) is 41.4 Å². The van der Waals surface area contributed by atoms with Crippen molar-refractivity contribution in [1.82, 2.24) is 4.57 Å². The molecule has 8 heteroatoms. The summed E-state index contributed by atoms with van der Waals surface area (Å²) in [4.78, 5) is 17.1. The minimum Gasteiger partial charge on any atom is -0.482 e. The Morgan fingerprint density at radius 3 is 2.62 bits per heavy atom. The molecule has 1 heterocycles. The van der Waals surface area contributed by atoms with Crippen LogP contribution in [0.25, 0.3) is 10.2 Å². The van der Waals surface area contributed by atoms with Crippen molar-refractivity contribution in [3.8, 4) is 5.75 Å². The molecule has 26 heavy (non-hydrogen) atoms. The SMILES string of the molecule is CCCn1c(=NC(=O)COc2ccc(Cl)cc2Cl)sc2cc(Cl)ccc21. The van der Waals surface area contributed by atoms with Crippen molar-refractivity contribution >= 4 is 62.3 Å². The van der Waals surface area contributed by atoms with Crippen molar-refractivity contribution in [1.29, 1.82) is 0 Å². The second kappa shape index (κ2) is 8.44. The fraction of sp³-hybridized carbons (Fsp3) is 0.222. The number of thiazole rings is 1. The molecule has 0 unspecified atom stereocenters. The molecule has 0 spiro atoms. The number of carbonyl (C=O) groups is 1. The molecule has 0 aliphatic heterocycles. The van der Waals surface area contributed by atoms with Crippen molar-refractivity contribution in [2.75, 3.05) is 6.61 Å².